The Morgan fingerprint density at radius 2 is 2.17 bits per heavy atom. The number of imidazole rings is 1. The first-order valence-corrected chi connectivity index (χ1v) is 6.37. The van der Waals surface area contributed by atoms with Crippen LogP contribution < -0.4 is 0 Å². The van der Waals surface area contributed by atoms with E-state index in [1.54, 1.807) is 0 Å². The van der Waals surface area contributed by atoms with E-state index in [0.29, 0.717) is 6.04 Å². The summed E-state index contributed by atoms with van der Waals surface area (Å²) in [6.45, 7) is 8.50. The molecule has 0 radical (unpaired) electrons. The number of hydrogen-bond donors (Lipinski definition) is 0. The maximum absolute atomic E-state index is 4.25. The highest BCUT2D eigenvalue weighted by molar-refractivity contribution is 5.46. The van der Waals surface area contributed by atoms with E-state index in [9.17, 15) is 0 Å². The Morgan fingerprint density at radius 3 is 2.94 bits per heavy atom. The van der Waals surface area contributed by atoms with Crippen molar-refractivity contribution in [3.63, 3.8) is 0 Å². The summed E-state index contributed by atoms with van der Waals surface area (Å²) in [7, 11) is 0. The molecule has 0 N–H and O–H groups in total. The van der Waals surface area contributed by atoms with Gasteiger partial charge in [-0.05, 0) is 29.0 Å². The molecule has 1 aliphatic carbocycles. The Balaban J connectivity index is 2.14. The molecule has 1 heterocycles. The fourth-order valence-corrected chi connectivity index (χ4v) is 3.09. The van der Waals surface area contributed by atoms with Crippen molar-refractivity contribution in [2.24, 2.45) is 0 Å². The van der Waals surface area contributed by atoms with Crippen molar-refractivity contribution in [3.05, 3.63) is 60.2 Å². The summed E-state index contributed by atoms with van der Waals surface area (Å²) in [6, 6.07) is 9.12. The van der Waals surface area contributed by atoms with Gasteiger partial charge < -0.3 is 4.57 Å². The SMILES string of the molecule is C=Cc1cncn1C1CC(C)(C)c2ccccc21. The number of nitrogens with zero attached hydrogens (tertiary/aromatic N) is 2. The summed E-state index contributed by atoms with van der Waals surface area (Å²) in [6.07, 6.45) is 6.78. The van der Waals surface area contributed by atoms with Crippen LogP contribution in [-0.4, -0.2) is 9.55 Å². The predicted molar refractivity (Wildman–Crippen MR) is 74.5 cm³/mol. The molecule has 0 bridgehead atoms. The molecule has 3 rings (SSSR count). The summed E-state index contributed by atoms with van der Waals surface area (Å²) < 4.78 is 2.24. The van der Waals surface area contributed by atoms with E-state index in [1.807, 2.05) is 18.6 Å². The summed E-state index contributed by atoms with van der Waals surface area (Å²) in [4.78, 5) is 4.25. The molecule has 0 saturated heterocycles. The van der Waals surface area contributed by atoms with Crippen LogP contribution in [0, 0.1) is 0 Å². The molecule has 1 atom stereocenters. The van der Waals surface area contributed by atoms with Gasteiger partial charge in [0.05, 0.1) is 24.3 Å². The fourth-order valence-electron chi connectivity index (χ4n) is 3.09. The molecule has 1 unspecified atom stereocenters. The summed E-state index contributed by atoms with van der Waals surface area (Å²) in [5, 5.41) is 0. The zero-order valence-corrected chi connectivity index (χ0v) is 10.9. The van der Waals surface area contributed by atoms with Crippen molar-refractivity contribution >= 4 is 6.08 Å². The highest BCUT2D eigenvalue weighted by Gasteiger charge is 2.37. The molecule has 0 fully saturated rings. The monoisotopic (exact) mass is 238 g/mol. The van der Waals surface area contributed by atoms with Crippen LogP contribution >= 0.6 is 0 Å². The lowest BCUT2D eigenvalue weighted by atomic mass is 9.86. The van der Waals surface area contributed by atoms with Gasteiger partial charge in [0, 0.05) is 0 Å². The number of benzene rings is 1. The Kier molecular flexibility index (Phi) is 2.40. The van der Waals surface area contributed by atoms with Gasteiger partial charge in [0.15, 0.2) is 0 Å². The molecule has 0 spiro atoms. The molecule has 0 saturated carbocycles. The minimum atomic E-state index is 0.226. The van der Waals surface area contributed by atoms with Gasteiger partial charge in [0.2, 0.25) is 0 Å². The van der Waals surface area contributed by atoms with Crippen molar-refractivity contribution < 1.29 is 0 Å². The molecule has 18 heavy (non-hydrogen) atoms. The topological polar surface area (TPSA) is 17.8 Å². The van der Waals surface area contributed by atoms with Crippen molar-refractivity contribution in [1.29, 1.82) is 0 Å². The van der Waals surface area contributed by atoms with Crippen LogP contribution in [-0.2, 0) is 5.41 Å². The van der Waals surface area contributed by atoms with Gasteiger partial charge in [0.25, 0.3) is 0 Å². The molecule has 92 valence electrons. The first-order valence-electron chi connectivity index (χ1n) is 6.37. The van der Waals surface area contributed by atoms with Gasteiger partial charge in [-0.1, -0.05) is 44.7 Å². The molecule has 2 nitrogen and oxygen atoms in total. The van der Waals surface area contributed by atoms with Crippen LogP contribution in [0.3, 0.4) is 0 Å². The van der Waals surface area contributed by atoms with Crippen molar-refractivity contribution in [3.8, 4) is 0 Å². The third-order valence-electron chi connectivity index (χ3n) is 3.99. The van der Waals surface area contributed by atoms with E-state index in [2.05, 4.69) is 54.2 Å². The smallest absolute Gasteiger partial charge is 0.0956 e. The highest BCUT2D eigenvalue weighted by Crippen LogP contribution is 2.46. The quantitative estimate of drug-likeness (QED) is 0.778. The second-order valence-electron chi connectivity index (χ2n) is 5.62. The van der Waals surface area contributed by atoms with Crippen LogP contribution in [0.5, 0.6) is 0 Å². The normalized spacial score (nSPS) is 20.7. The number of fused-ring (bicyclic) bond motifs is 1. The van der Waals surface area contributed by atoms with Crippen molar-refractivity contribution in [2.45, 2.75) is 31.7 Å². The van der Waals surface area contributed by atoms with Gasteiger partial charge in [-0.3, -0.25) is 0 Å². The second-order valence-corrected chi connectivity index (χ2v) is 5.62. The van der Waals surface area contributed by atoms with Crippen molar-refractivity contribution in [2.75, 3.05) is 0 Å². The van der Waals surface area contributed by atoms with Gasteiger partial charge >= 0.3 is 0 Å². The number of rotatable bonds is 2. The van der Waals surface area contributed by atoms with Crippen LogP contribution in [0.2, 0.25) is 0 Å². The predicted octanol–water partition coefficient (Wildman–Crippen LogP) is 3.80. The van der Waals surface area contributed by atoms with E-state index >= 15 is 0 Å². The lowest BCUT2D eigenvalue weighted by Gasteiger charge is -2.20. The largest absolute Gasteiger partial charge is 0.323 e. The van der Waals surface area contributed by atoms with Gasteiger partial charge in [-0.25, -0.2) is 4.98 Å². The lowest BCUT2D eigenvalue weighted by Crippen LogP contribution is -2.14. The minimum Gasteiger partial charge on any atom is -0.323 e. The van der Waals surface area contributed by atoms with Gasteiger partial charge in [0.1, 0.15) is 0 Å². The summed E-state index contributed by atoms with van der Waals surface area (Å²) in [5.41, 5.74) is 4.19. The van der Waals surface area contributed by atoms with Crippen LogP contribution in [0.1, 0.15) is 43.1 Å². The Morgan fingerprint density at radius 1 is 1.39 bits per heavy atom. The number of aromatic nitrogens is 2. The first-order chi connectivity index (χ1) is 8.63. The molecular formula is C16H18N2. The minimum absolute atomic E-state index is 0.226. The van der Waals surface area contributed by atoms with Crippen LogP contribution in [0.25, 0.3) is 6.08 Å². The van der Waals surface area contributed by atoms with Crippen LogP contribution in [0.15, 0.2) is 43.4 Å². The van der Waals surface area contributed by atoms with Crippen LogP contribution in [0.4, 0.5) is 0 Å². The van der Waals surface area contributed by atoms with E-state index in [-0.39, 0.29) is 5.41 Å². The van der Waals surface area contributed by atoms with Crippen molar-refractivity contribution in [1.82, 2.24) is 9.55 Å². The summed E-state index contributed by atoms with van der Waals surface area (Å²) >= 11 is 0. The Labute approximate surface area is 108 Å². The van der Waals surface area contributed by atoms with E-state index in [0.717, 1.165) is 12.1 Å². The fraction of sp³-hybridized carbons (Fsp3) is 0.312. The van der Waals surface area contributed by atoms with E-state index < -0.39 is 0 Å². The summed E-state index contributed by atoms with van der Waals surface area (Å²) in [5.74, 6) is 0. The third-order valence-corrected chi connectivity index (χ3v) is 3.99. The highest BCUT2D eigenvalue weighted by atomic mass is 15.1. The maximum Gasteiger partial charge on any atom is 0.0956 e. The third kappa shape index (κ3) is 1.52. The standard InChI is InChI=1S/C16H18N2/c1-4-12-10-17-11-18(12)15-9-16(2,3)14-8-6-5-7-13(14)15/h4-8,10-11,15H,1,9H2,2-3H3. The molecule has 0 aliphatic heterocycles. The average molecular weight is 238 g/mol. The zero-order chi connectivity index (χ0) is 12.8. The zero-order valence-electron chi connectivity index (χ0n) is 10.9. The Bertz CT molecular complexity index is 593. The van der Waals surface area contributed by atoms with Gasteiger partial charge in [-0.15, -0.1) is 0 Å². The molecule has 2 aromatic rings. The molecule has 2 heteroatoms. The molecule has 0 amide bonds. The van der Waals surface area contributed by atoms with Gasteiger partial charge in [-0.2, -0.15) is 0 Å². The first kappa shape index (κ1) is 11.3. The lowest BCUT2D eigenvalue weighted by molar-refractivity contribution is 0.442. The molecule has 1 aromatic heterocycles. The molecule has 1 aromatic carbocycles. The van der Waals surface area contributed by atoms with E-state index in [4.69, 9.17) is 0 Å². The number of hydrogen-bond acceptors (Lipinski definition) is 1. The van der Waals surface area contributed by atoms with E-state index in [1.165, 1.54) is 11.1 Å². The molecular weight excluding hydrogens is 220 g/mol. The molecule has 1 aliphatic rings. The Hall–Kier alpha value is -1.83. The second kappa shape index (κ2) is 3.84. The maximum atomic E-state index is 4.25. The average Bonchev–Trinajstić information content (AvgIpc) is 2.92.